The Hall–Kier alpha value is -0.770. The molecule has 0 aromatic carbocycles. The minimum Gasteiger partial charge on any atom is -0.398 e. The van der Waals surface area contributed by atoms with Crippen molar-refractivity contribution in [2.24, 2.45) is 0 Å². The van der Waals surface area contributed by atoms with Gasteiger partial charge in [-0.2, -0.15) is 0 Å². The standard InChI is InChI=1S/C11H15BrN2O/c12-10-6-8(13)7-14(11(10)15)9-4-2-1-3-5-9/h6-7,9H,1-5,13H2. The first-order valence-electron chi connectivity index (χ1n) is 5.35. The summed E-state index contributed by atoms with van der Waals surface area (Å²) in [6, 6.07) is 2.01. The van der Waals surface area contributed by atoms with E-state index in [0.717, 1.165) is 12.8 Å². The molecule has 1 fully saturated rings. The van der Waals surface area contributed by atoms with Crippen molar-refractivity contribution in [1.82, 2.24) is 4.57 Å². The van der Waals surface area contributed by atoms with Crippen molar-refractivity contribution < 1.29 is 0 Å². The number of nitrogen functional groups attached to an aromatic ring is 1. The molecule has 82 valence electrons. The molecule has 0 amide bonds. The van der Waals surface area contributed by atoms with E-state index in [-0.39, 0.29) is 5.56 Å². The summed E-state index contributed by atoms with van der Waals surface area (Å²) >= 11 is 3.25. The Balaban J connectivity index is 2.38. The van der Waals surface area contributed by atoms with Crippen LogP contribution in [-0.4, -0.2) is 4.57 Å². The van der Waals surface area contributed by atoms with Gasteiger partial charge in [0.2, 0.25) is 0 Å². The molecule has 1 heterocycles. The normalized spacial score (nSPS) is 17.9. The van der Waals surface area contributed by atoms with Crippen molar-refractivity contribution in [1.29, 1.82) is 0 Å². The molecule has 15 heavy (non-hydrogen) atoms. The van der Waals surface area contributed by atoms with Crippen molar-refractivity contribution >= 4 is 21.6 Å². The lowest BCUT2D eigenvalue weighted by Gasteiger charge is -2.24. The number of nitrogens with two attached hydrogens (primary N) is 1. The summed E-state index contributed by atoms with van der Waals surface area (Å²) in [5.41, 5.74) is 6.43. The number of anilines is 1. The van der Waals surface area contributed by atoms with Crippen LogP contribution in [0.1, 0.15) is 38.1 Å². The Morgan fingerprint density at radius 2 is 2.00 bits per heavy atom. The predicted octanol–water partition coefficient (Wildman–Crippen LogP) is 2.70. The molecule has 1 aliphatic rings. The lowest BCUT2D eigenvalue weighted by atomic mass is 9.95. The fourth-order valence-corrected chi connectivity index (χ4v) is 2.69. The number of aromatic nitrogens is 1. The van der Waals surface area contributed by atoms with E-state index in [9.17, 15) is 4.79 Å². The molecule has 1 saturated carbocycles. The average Bonchev–Trinajstić information content (AvgIpc) is 2.24. The minimum atomic E-state index is 0.0381. The van der Waals surface area contributed by atoms with Crippen LogP contribution in [0.5, 0.6) is 0 Å². The van der Waals surface area contributed by atoms with Crippen LogP contribution in [0.2, 0.25) is 0 Å². The van der Waals surface area contributed by atoms with Gasteiger partial charge in [-0.3, -0.25) is 4.79 Å². The van der Waals surface area contributed by atoms with Gasteiger partial charge in [0, 0.05) is 17.9 Å². The summed E-state index contributed by atoms with van der Waals surface area (Å²) in [7, 11) is 0. The highest BCUT2D eigenvalue weighted by Crippen LogP contribution is 2.27. The second kappa shape index (κ2) is 4.39. The van der Waals surface area contributed by atoms with Crippen LogP contribution in [0.3, 0.4) is 0 Å². The Labute approximate surface area is 97.4 Å². The molecule has 0 unspecified atom stereocenters. The molecule has 2 N–H and O–H groups in total. The van der Waals surface area contributed by atoms with E-state index >= 15 is 0 Å². The number of pyridine rings is 1. The second-order valence-electron chi connectivity index (χ2n) is 4.13. The number of rotatable bonds is 1. The molecule has 1 aromatic rings. The smallest absolute Gasteiger partial charge is 0.265 e. The zero-order valence-electron chi connectivity index (χ0n) is 8.58. The average molecular weight is 271 g/mol. The maximum absolute atomic E-state index is 11.9. The summed E-state index contributed by atoms with van der Waals surface area (Å²) in [6.07, 6.45) is 7.66. The van der Waals surface area contributed by atoms with Crippen molar-refractivity contribution in [2.45, 2.75) is 38.1 Å². The molecule has 0 radical (unpaired) electrons. The van der Waals surface area contributed by atoms with Gasteiger partial charge >= 0.3 is 0 Å². The van der Waals surface area contributed by atoms with Crippen LogP contribution >= 0.6 is 15.9 Å². The molecule has 0 spiro atoms. The van der Waals surface area contributed by atoms with E-state index in [0.29, 0.717) is 16.2 Å². The highest BCUT2D eigenvalue weighted by Gasteiger charge is 2.17. The van der Waals surface area contributed by atoms with Crippen molar-refractivity contribution in [3.63, 3.8) is 0 Å². The Morgan fingerprint density at radius 3 is 2.67 bits per heavy atom. The van der Waals surface area contributed by atoms with E-state index in [1.807, 2.05) is 0 Å². The van der Waals surface area contributed by atoms with Crippen LogP contribution in [0.15, 0.2) is 21.5 Å². The van der Waals surface area contributed by atoms with Gasteiger partial charge < -0.3 is 10.3 Å². The third kappa shape index (κ3) is 2.25. The van der Waals surface area contributed by atoms with Crippen molar-refractivity contribution in [2.75, 3.05) is 5.73 Å². The number of halogens is 1. The van der Waals surface area contributed by atoms with Crippen molar-refractivity contribution in [3.8, 4) is 0 Å². The van der Waals surface area contributed by atoms with Gasteiger partial charge in [-0.15, -0.1) is 0 Å². The lowest BCUT2D eigenvalue weighted by Crippen LogP contribution is -2.26. The molecule has 2 rings (SSSR count). The highest BCUT2D eigenvalue weighted by atomic mass is 79.9. The number of nitrogens with zero attached hydrogens (tertiary/aromatic N) is 1. The maximum Gasteiger partial charge on any atom is 0.265 e. The number of hydrogen-bond donors (Lipinski definition) is 1. The molecule has 0 bridgehead atoms. The number of hydrogen-bond acceptors (Lipinski definition) is 2. The first kappa shape index (κ1) is 10.7. The summed E-state index contributed by atoms with van der Waals surface area (Å²) in [5.74, 6) is 0. The van der Waals surface area contributed by atoms with Gasteiger partial charge in [-0.05, 0) is 34.8 Å². The molecular weight excluding hydrogens is 256 g/mol. The summed E-state index contributed by atoms with van der Waals surface area (Å²) in [6.45, 7) is 0. The summed E-state index contributed by atoms with van der Waals surface area (Å²) in [5, 5.41) is 0. The third-order valence-electron chi connectivity index (χ3n) is 2.99. The second-order valence-corrected chi connectivity index (χ2v) is 4.98. The van der Waals surface area contributed by atoms with Gasteiger partial charge in [0.25, 0.3) is 5.56 Å². The SMILES string of the molecule is Nc1cc(Br)c(=O)n(C2CCCCC2)c1. The Morgan fingerprint density at radius 1 is 1.33 bits per heavy atom. The molecule has 1 aliphatic carbocycles. The molecule has 0 saturated heterocycles. The van der Waals surface area contributed by atoms with E-state index in [1.54, 1.807) is 16.8 Å². The largest absolute Gasteiger partial charge is 0.398 e. The first-order valence-corrected chi connectivity index (χ1v) is 6.15. The Bertz CT molecular complexity index is 408. The van der Waals surface area contributed by atoms with Crippen LogP contribution in [0.4, 0.5) is 5.69 Å². The van der Waals surface area contributed by atoms with Crippen LogP contribution < -0.4 is 11.3 Å². The van der Waals surface area contributed by atoms with Gasteiger partial charge in [0.15, 0.2) is 0 Å². The van der Waals surface area contributed by atoms with Crippen LogP contribution in [0, 0.1) is 0 Å². The fourth-order valence-electron chi connectivity index (χ4n) is 2.22. The van der Waals surface area contributed by atoms with Gasteiger partial charge in [0.05, 0.1) is 4.47 Å². The molecule has 0 atom stereocenters. The summed E-state index contributed by atoms with van der Waals surface area (Å²) < 4.78 is 2.35. The maximum atomic E-state index is 11.9. The predicted molar refractivity (Wildman–Crippen MR) is 64.9 cm³/mol. The van der Waals surface area contributed by atoms with Crippen molar-refractivity contribution in [3.05, 3.63) is 27.1 Å². The summed E-state index contributed by atoms with van der Waals surface area (Å²) in [4.78, 5) is 11.9. The topological polar surface area (TPSA) is 48.0 Å². The van der Waals surface area contributed by atoms with Gasteiger partial charge in [-0.1, -0.05) is 19.3 Å². The third-order valence-corrected chi connectivity index (χ3v) is 3.56. The molecular formula is C11H15BrN2O. The quantitative estimate of drug-likeness (QED) is 0.853. The monoisotopic (exact) mass is 270 g/mol. The van der Waals surface area contributed by atoms with E-state index < -0.39 is 0 Å². The molecule has 4 heteroatoms. The van der Waals surface area contributed by atoms with Gasteiger partial charge in [0.1, 0.15) is 0 Å². The van der Waals surface area contributed by atoms with Crippen LogP contribution in [0.25, 0.3) is 0 Å². The molecule has 0 aliphatic heterocycles. The van der Waals surface area contributed by atoms with E-state index in [2.05, 4.69) is 15.9 Å². The Kier molecular flexibility index (Phi) is 3.14. The van der Waals surface area contributed by atoms with E-state index in [4.69, 9.17) is 5.73 Å². The molecule has 3 nitrogen and oxygen atoms in total. The minimum absolute atomic E-state index is 0.0381. The molecule has 1 aromatic heterocycles. The van der Waals surface area contributed by atoms with E-state index in [1.165, 1.54) is 19.3 Å². The zero-order valence-corrected chi connectivity index (χ0v) is 10.2. The van der Waals surface area contributed by atoms with Crippen LogP contribution in [-0.2, 0) is 0 Å². The highest BCUT2D eigenvalue weighted by molar-refractivity contribution is 9.10. The first-order chi connectivity index (χ1) is 7.18. The fraction of sp³-hybridized carbons (Fsp3) is 0.545. The lowest BCUT2D eigenvalue weighted by molar-refractivity contribution is 0.346. The zero-order chi connectivity index (χ0) is 10.8. The van der Waals surface area contributed by atoms with Gasteiger partial charge in [-0.25, -0.2) is 0 Å².